The summed E-state index contributed by atoms with van der Waals surface area (Å²) in [5.41, 5.74) is 1.08. The Labute approximate surface area is 134 Å². The second-order valence-electron chi connectivity index (χ2n) is 5.70. The van der Waals surface area contributed by atoms with E-state index in [9.17, 15) is 4.79 Å². The van der Waals surface area contributed by atoms with E-state index in [-0.39, 0.29) is 24.5 Å². The molecule has 116 valence electrons. The summed E-state index contributed by atoms with van der Waals surface area (Å²) >= 11 is 5.98. The highest BCUT2D eigenvalue weighted by Crippen LogP contribution is 2.21. The molecule has 1 aliphatic carbocycles. The van der Waals surface area contributed by atoms with Gasteiger partial charge in [0.2, 0.25) is 5.91 Å². The first-order valence-corrected chi connectivity index (χ1v) is 7.86. The Bertz CT molecular complexity index is 708. The van der Waals surface area contributed by atoms with Crippen LogP contribution in [0.4, 0.5) is 0 Å². The van der Waals surface area contributed by atoms with Gasteiger partial charge in [0, 0.05) is 53.7 Å². The quantitative estimate of drug-likeness (QED) is 0.833. The van der Waals surface area contributed by atoms with Gasteiger partial charge in [-0.15, -0.1) is 0 Å². The number of aryl methyl sites for hydroxylation is 1. The third-order valence-corrected chi connectivity index (χ3v) is 4.30. The number of aromatic nitrogens is 1. The molecule has 2 aromatic rings. The highest BCUT2D eigenvalue weighted by Gasteiger charge is 2.19. The van der Waals surface area contributed by atoms with Crippen LogP contribution in [-0.2, 0) is 11.3 Å². The van der Waals surface area contributed by atoms with E-state index in [2.05, 4.69) is 9.88 Å². The maximum absolute atomic E-state index is 12.0. The van der Waals surface area contributed by atoms with Crippen LogP contribution in [0.25, 0.3) is 10.9 Å². The Morgan fingerprint density at radius 3 is 3.00 bits per heavy atom. The summed E-state index contributed by atoms with van der Waals surface area (Å²) in [7, 11) is 0. The number of amides is 1. The van der Waals surface area contributed by atoms with Crippen molar-refractivity contribution in [1.29, 1.82) is 0 Å². The number of aliphatic hydroxyl groups excluding tert-OH is 1. The Morgan fingerprint density at radius 1 is 1.36 bits per heavy atom. The van der Waals surface area contributed by atoms with Gasteiger partial charge in [-0.2, -0.15) is 0 Å². The Balaban J connectivity index is 1.55. The topological polar surface area (TPSA) is 54.3 Å². The first-order valence-electron chi connectivity index (χ1n) is 7.48. The van der Waals surface area contributed by atoms with E-state index in [0.717, 1.165) is 22.3 Å². The number of hydrogen-bond donors (Lipinski definition) is 2. The zero-order valence-electron chi connectivity index (χ0n) is 12.2. The summed E-state index contributed by atoms with van der Waals surface area (Å²) in [5.74, 6) is 0.201. The monoisotopic (exact) mass is 318 g/mol. The predicted octanol–water partition coefficient (Wildman–Crippen LogP) is 2.74. The average molecular weight is 319 g/mol. The van der Waals surface area contributed by atoms with Crippen molar-refractivity contribution in [2.24, 2.45) is 5.92 Å². The fourth-order valence-electron chi connectivity index (χ4n) is 2.88. The molecule has 2 N–H and O–H groups in total. The van der Waals surface area contributed by atoms with Gasteiger partial charge in [0.05, 0.1) is 0 Å². The van der Waals surface area contributed by atoms with Gasteiger partial charge in [0.25, 0.3) is 0 Å². The molecule has 0 fully saturated rings. The van der Waals surface area contributed by atoms with Gasteiger partial charge in [0.15, 0.2) is 0 Å². The van der Waals surface area contributed by atoms with Crippen LogP contribution in [0.5, 0.6) is 0 Å². The molecule has 0 aliphatic heterocycles. The highest BCUT2D eigenvalue weighted by atomic mass is 35.5. The van der Waals surface area contributed by atoms with Gasteiger partial charge >= 0.3 is 0 Å². The molecule has 0 saturated heterocycles. The summed E-state index contributed by atoms with van der Waals surface area (Å²) in [6, 6.07) is 7.81. The summed E-state index contributed by atoms with van der Waals surface area (Å²) in [6.07, 6.45) is 7.12. The Morgan fingerprint density at radius 2 is 2.23 bits per heavy atom. The van der Waals surface area contributed by atoms with Crippen molar-refractivity contribution < 1.29 is 9.90 Å². The maximum Gasteiger partial charge on any atom is 0.222 e. The maximum atomic E-state index is 12.0. The standard InChI is InChI=1S/C17H19ClN2O2/c18-14-2-4-16-13(10-14)5-7-20(16)8-6-17(22)19-15-3-1-12(9-15)11-21/h1-5,7,10,12,15,21H,6,8-9,11H2,(H,19,22)/t12-,15+/m0/s1. The molecule has 0 radical (unpaired) electrons. The van der Waals surface area contributed by atoms with E-state index in [1.165, 1.54) is 0 Å². The molecule has 2 atom stereocenters. The average Bonchev–Trinajstić information content (AvgIpc) is 3.11. The zero-order valence-corrected chi connectivity index (χ0v) is 13.0. The van der Waals surface area contributed by atoms with Crippen molar-refractivity contribution in [1.82, 2.24) is 9.88 Å². The van der Waals surface area contributed by atoms with Gasteiger partial charge in [0.1, 0.15) is 0 Å². The van der Waals surface area contributed by atoms with Crippen molar-refractivity contribution in [2.45, 2.75) is 25.4 Å². The third-order valence-electron chi connectivity index (χ3n) is 4.07. The summed E-state index contributed by atoms with van der Waals surface area (Å²) in [6.45, 7) is 0.775. The smallest absolute Gasteiger partial charge is 0.222 e. The number of rotatable bonds is 5. The normalized spacial score (nSPS) is 20.6. The molecule has 0 bridgehead atoms. The summed E-state index contributed by atoms with van der Waals surface area (Å²) in [5, 5.41) is 13.9. The van der Waals surface area contributed by atoms with E-state index in [4.69, 9.17) is 16.7 Å². The largest absolute Gasteiger partial charge is 0.396 e. The van der Waals surface area contributed by atoms with Gasteiger partial charge in [-0.25, -0.2) is 0 Å². The van der Waals surface area contributed by atoms with Crippen molar-refractivity contribution in [3.05, 3.63) is 47.6 Å². The number of carbonyl (C=O) groups is 1. The van der Waals surface area contributed by atoms with Crippen molar-refractivity contribution in [3.8, 4) is 0 Å². The number of hydrogen-bond acceptors (Lipinski definition) is 2. The minimum atomic E-state index is 0.0315. The summed E-state index contributed by atoms with van der Waals surface area (Å²) in [4.78, 5) is 12.0. The van der Waals surface area contributed by atoms with E-state index in [0.29, 0.717) is 13.0 Å². The SMILES string of the molecule is O=C(CCn1ccc2cc(Cl)ccc21)N[C@@H]1C=C[C@H](CO)C1. The number of benzene rings is 1. The number of fused-ring (bicyclic) bond motifs is 1. The van der Waals surface area contributed by atoms with E-state index >= 15 is 0 Å². The Hall–Kier alpha value is -1.78. The van der Waals surface area contributed by atoms with Gasteiger partial charge < -0.3 is 15.0 Å². The van der Waals surface area contributed by atoms with E-state index < -0.39 is 0 Å². The van der Waals surface area contributed by atoms with Crippen LogP contribution in [0, 0.1) is 5.92 Å². The van der Waals surface area contributed by atoms with Crippen LogP contribution in [-0.4, -0.2) is 28.2 Å². The van der Waals surface area contributed by atoms with Gasteiger partial charge in [-0.05, 0) is 30.7 Å². The molecular formula is C17H19ClN2O2. The molecule has 4 nitrogen and oxygen atoms in total. The molecule has 1 aromatic carbocycles. The highest BCUT2D eigenvalue weighted by molar-refractivity contribution is 6.31. The van der Waals surface area contributed by atoms with E-state index in [1.54, 1.807) is 0 Å². The molecule has 1 aromatic heterocycles. The lowest BCUT2D eigenvalue weighted by Crippen LogP contribution is -2.33. The molecule has 5 heteroatoms. The zero-order chi connectivity index (χ0) is 15.5. The van der Waals surface area contributed by atoms with Crippen LogP contribution in [0.1, 0.15) is 12.8 Å². The van der Waals surface area contributed by atoms with Crippen molar-refractivity contribution in [2.75, 3.05) is 6.61 Å². The number of nitrogens with zero attached hydrogens (tertiary/aromatic N) is 1. The second kappa shape index (κ2) is 6.55. The number of halogens is 1. The number of nitrogens with one attached hydrogen (secondary N) is 1. The van der Waals surface area contributed by atoms with Crippen molar-refractivity contribution >= 4 is 28.4 Å². The van der Waals surface area contributed by atoms with Crippen LogP contribution in [0.3, 0.4) is 0 Å². The van der Waals surface area contributed by atoms with Crippen molar-refractivity contribution in [3.63, 3.8) is 0 Å². The van der Waals surface area contributed by atoms with Crippen LogP contribution < -0.4 is 5.32 Å². The van der Waals surface area contributed by atoms with E-state index in [1.807, 2.05) is 42.6 Å². The molecule has 0 saturated carbocycles. The molecule has 0 spiro atoms. The minimum absolute atomic E-state index is 0.0315. The number of aliphatic hydroxyl groups is 1. The number of carbonyl (C=O) groups excluding carboxylic acids is 1. The lowest BCUT2D eigenvalue weighted by Gasteiger charge is -2.13. The molecule has 3 rings (SSSR count). The molecule has 1 amide bonds. The van der Waals surface area contributed by atoms with Crippen LogP contribution >= 0.6 is 11.6 Å². The van der Waals surface area contributed by atoms with Gasteiger partial charge in [-0.1, -0.05) is 23.8 Å². The molecule has 1 heterocycles. The fraction of sp³-hybridized carbons (Fsp3) is 0.353. The predicted molar refractivity (Wildman–Crippen MR) is 87.8 cm³/mol. The molecule has 0 unspecified atom stereocenters. The fourth-order valence-corrected chi connectivity index (χ4v) is 3.06. The van der Waals surface area contributed by atoms with Crippen LogP contribution in [0.2, 0.25) is 5.02 Å². The van der Waals surface area contributed by atoms with Gasteiger partial charge in [-0.3, -0.25) is 4.79 Å². The molecule has 1 aliphatic rings. The first kappa shape index (κ1) is 15.1. The lowest BCUT2D eigenvalue weighted by atomic mass is 10.1. The first-order chi connectivity index (χ1) is 10.7. The summed E-state index contributed by atoms with van der Waals surface area (Å²) < 4.78 is 2.06. The Kier molecular flexibility index (Phi) is 4.50. The minimum Gasteiger partial charge on any atom is -0.396 e. The lowest BCUT2D eigenvalue weighted by molar-refractivity contribution is -0.121. The van der Waals surface area contributed by atoms with Crippen LogP contribution in [0.15, 0.2) is 42.6 Å². The molecule has 22 heavy (non-hydrogen) atoms. The molecular weight excluding hydrogens is 300 g/mol. The third kappa shape index (κ3) is 3.34. The second-order valence-corrected chi connectivity index (χ2v) is 6.14.